The molecule has 0 bridgehead atoms. The van der Waals surface area contributed by atoms with E-state index in [9.17, 15) is 9.59 Å². The van der Waals surface area contributed by atoms with Gasteiger partial charge >= 0.3 is 0 Å². The number of aromatic nitrogens is 1. The number of amides is 2. The Balaban J connectivity index is 1.54. The second-order valence-corrected chi connectivity index (χ2v) is 8.03. The van der Waals surface area contributed by atoms with Gasteiger partial charge < -0.3 is 0 Å². The van der Waals surface area contributed by atoms with Crippen LogP contribution >= 0.6 is 0 Å². The molecule has 36 heavy (non-hydrogen) atoms. The van der Waals surface area contributed by atoms with Crippen molar-refractivity contribution in [3.8, 4) is 0 Å². The first-order chi connectivity index (χ1) is 17.7. The SMILES string of the molecule is O=C(c1cccc(C(=O)N(c2ccccc2)c2ccccc2)n1)N(c1ccccc1)c1ccccc1. The molecule has 174 valence electrons. The van der Waals surface area contributed by atoms with Crippen LogP contribution in [0.2, 0.25) is 0 Å². The highest BCUT2D eigenvalue weighted by molar-refractivity contribution is 6.12. The molecule has 0 aliphatic rings. The maximum atomic E-state index is 13.8. The number of hydrogen-bond donors (Lipinski definition) is 0. The van der Waals surface area contributed by atoms with Gasteiger partial charge in [0.05, 0.1) is 0 Å². The van der Waals surface area contributed by atoms with Crippen LogP contribution in [0.4, 0.5) is 22.7 Å². The Labute approximate surface area is 209 Å². The normalized spacial score (nSPS) is 10.4. The summed E-state index contributed by atoms with van der Waals surface area (Å²) in [5.41, 5.74) is 3.19. The molecule has 0 radical (unpaired) electrons. The average Bonchev–Trinajstić information content (AvgIpc) is 2.96. The third kappa shape index (κ3) is 4.76. The third-order valence-corrected chi connectivity index (χ3v) is 5.65. The Morgan fingerprint density at radius 3 is 0.944 bits per heavy atom. The Hall–Kier alpha value is -5.03. The predicted molar refractivity (Wildman–Crippen MR) is 143 cm³/mol. The number of rotatable bonds is 6. The van der Waals surface area contributed by atoms with Gasteiger partial charge in [0.15, 0.2) is 0 Å². The van der Waals surface area contributed by atoms with Crippen molar-refractivity contribution in [2.45, 2.75) is 0 Å². The molecule has 0 atom stereocenters. The van der Waals surface area contributed by atoms with Crippen molar-refractivity contribution in [2.75, 3.05) is 9.80 Å². The first-order valence-corrected chi connectivity index (χ1v) is 11.6. The van der Waals surface area contributed by atoms with E-state index in [0.29, 0.717) is 22.7 Å². The number of nitrogens with zero attached hydrogens (tertiary/aromatic N) is 3. The first kappa shape index (κ1) is 22.7. The molecule has 1 aromatic heterocycles. The summed E-state index contributed by atoms with van der Waals surface area (Å²) in [6.07, 6.45) is 0. The predicted octanol–water partition coefficient (Wildman–Crippen LogP) is 7.04. The van der Waals surface area contributed by atoms with Crippen molar-refractivity contribution in [1.29, 1.82) is 0 Å². The van der Waals surface area contributed by atoms with E-state index in [1.54, 1.807) is 28.0 Å². The molecule has 4 aromatic carbocycles. The summed E-state index contributed by atoms with van der Waals surface area (Å²) in [6, 6.07) is 42.5. The Morgan fingerprint density at radius 1 is 0.389 bits per heavy atom. The lowest BCUT2D eigenvalue weighted by atomic mass is 10.2. The van der Waals surface area contributed by atoms with Crippen molar-refractivity contribution in [1.82, 2.24) is 4.98 Å². The molecule has 0 saturated carbocycles. The quantitative estimate of drug-likeness (QED) is 0.268. The number of pyridine rings is 1. The maximum Gasteiger partial charge on any atom is 0.281 e. The van der Waals surface area contributed by atoms with Gasteiger partial charge in [0.25, 0.3) is 11.8 Å². The minimum atomic E-state index is -0.326. The van der Waals surface area contributed by atoms with Gasteiger partial charge in [-0.25, -0.2) is 4.98 Å². The first-order valence-electron chi connectivity index (χ1n) is 11.6. The summed E-state index contributed by atoms with van der Waals surface area (Å²) in [6.45, 7) is 0. The lowest BCUT2D eigenvalue weighted by Gasteiger charge is -2.24. The molecule has 5 heteroatoms. The Morgan fingerprint density at radius 2 is 0.667 bits per heavy atom. The summed E-state index contributed by atoms with van der Waals surface area (Å²) in [5.74, 6) is -0.652. The van der Waals surface area contributed by atoms with E-state index in [4.69, 9.17) is 0 Å². The van der Waals surface area contributed by atoms with Gasteiger partial charge in [-0.2, -0.15) is 0 Å². The minimum Gasteiger partial charge on any atom is -0.276 e. The molecule has 0 fully saturated rings. The number of para-hydroxylation sites is 4. The van der Waals surface area contributed by atoms with Crippen molar-refractivity contribution < 1.29 is 9.59 Å². The number of carbonyl (C=O) groups excluding carboxylic acids is 2. The standard InChI is InChI=1S/C31H23N3O2/c35-30(33(24-14-5-1-6-15-24)25-16-7-2-8-17-25)28-22-13-23-29(32-28)31(36)34(26-18-9-3-10-19-26)27-20-11-4-12-21-27/h1-23H. The van der Waals surface area contributed by atoms with Crippen LogP contribution in [0.5, 0.6) is 0 Å². The van der Waals surface area contributed by atoms with Crippen LogP contribution in [0.3, 0.4) is 0 Å². The molecular weight excluding hydrogens is 446 g/mol. The summed E-state index contributed by atoms with van der Waals surface area (Å²) >= 11 is 0. The van der Waals surface area contributed by atoms with E-state index < -0.39 is 0 Å². The second kappa shape index (κ2) is 10.5. The van der Waals surface area contributed by atoms with E-state index in [1.165, 1.54) is 0 Å². The fraction of sp³-hybridized carbons (Fsp3) is 0. The number of benzene rings is 4. The van der Waals surface area contributed by atoms with Gasteiger partial charge in [-0.05, 0) is 60.7 Å². The van der Waals surface area contributed by atoms with Crippen LogP contribution < -0.4 is 9.80 Å². The number of carbonyl (C=O) groups is 2. The van der Waals surface area contributed by atoms with Crippen molar-refractivity contribution >= 4 is 34.6 Å². The van der Waals surface area contributed by atoms with Crippen molar-refractivity contribution in [3.63, 3.8) is 0 Å². The molecule has 2 amide bonds. The van der Waals surface area contributed by atoms with E-state index in [0.717, 1.165) is 0 Å². The van der Waals surface area contributed by atoms with Crippen LogP contribution in [0, 0.1) is 0 Å². The molecule has 5 aromatic rings. The molecular formula is C31H23N3O2. The van der Waals surface area contributed by atoms with Crippen LogP contribution in [-0.4, -0.2) is 16.8 Å². The highest BCUT2D eigenvalue weighted by Crippen LogP contribution is 2.29. The topological polar surface area (TPSA) is 53.5 Å². The zero-order chi connectivity index (χ0) is 24.7. The molecule has 0 saturated heterocycles. The molecule has 0 N–H and O–H groups in total. The number of hydrogen-bond acceptors (Lipinski definition) is 3. The fourth-order valence-electron chi connectivity index (χ4n) is 3.98. The van der Waals surface area contributed by atoms with E-state index in [1.807, 2.05) is 121 Å². The van der Waals surface area contributed by atoms with Gasteiger partial charge in [0, 0.05) is 22.7 Å². The van der Waals surface area contributed by atoms with Crippen LogP contribution in [0.15, 0.2) is 140 Å². The molecule has 1 heterocycles. The smallest absolute Gasteiger partial charge is 0.276 e. The zero-order valence-corrected chi connectivity index (χ0v) is 19.4. The summed E-state index contributed by atoms with van der Waals surface area (Å²) < 4.78 is 0. The monoisotopic (exact) mass is 469 g/mol. The van der Waals surface area contributed by atoms with Gasteiger partial charge in [0.2, 0.25) is 0 Å². The molecule has 5 nitrogen and oxygen atoms in total. The molecule has 0 aliphatic carbocycles. The molecule has 0 unspecified atom stereocenters. The van der Waals surface area contributed by atoms with Crippen molar-refractivity contribution in [3.05, 3.63) is 151 Å². The fourth-order valence-corrected chi connectivity index (χ4v) is 3.98. The van der Waals surface area contributed by atoms with E-state index in [-0.39, 0.29) is 23.2 Å². The lowest BCUT2D eigenvalue weighted by Crippen LogP contribution is -2.29. The summed E-state index contributed by atoms with van der Waals surface area (Å²) in [5, 5.41) is 0. The molecule has 5 rings (SSSR count). The van der Waals surface area contributed by atoms with Crippen LogP contribution in [0.25, 0.3) is 0 Å². The van der Waals surface area contributed by atoms with Crippen molar-refractivity contribution in [2.24, 2.45) is 0 Å². The minimum absolute atomic E-state index is 0.176. The highest BCUT2D eigenvalue weighted by Gasteiger charge is 2.25. The summed E-state index contributed by atoms with van der Waals surface area (Å²) in [4.78, 5) is 35.3. The van der Waals surface area contributed by atoms with E-state index >= 15 is 0 Å². The maximum absolute atomic E-state index is 13.8. The van der Waals surface area contributed by atoms with Gasteiger partial charge in [-0.1, -0.05) is 78.9 Å². The average molecular weight is 470 g/mol. The number of anilines is 4. The lowest BCUT2D eigenvalue weighted by molar-refractivity contribution is 0.0991. The van der Waals surface area contributed by atoms with Crippen LogP contribution in [0.1, 0.15) is 21.0 Å². The summed E-state index contributed by atoms with van der Waals surface area (Å²) in [7, 11) is 0. The second-order valence-electron chi connectivity index (χ2n) is 8.03. The molecule has 0 aliphatic heterocycles. The largest absolute Gasteiger partial charge is 0.281 e. The zero-order valence-electron chi connectivity index (χ0n) is 19.4. The Bertz CT molecular complexity index is 1270. The highest BCUT2D eigenvalue weighted by atomic mass is 16.2. The Kier molecular flexibility index (Phi) is 6.63. The van der Waals surface area contributed by atoms with Crippen LogP contribution in [-0.2, 0) is 0 Å². The third-order valence-electron chi connectivity index (χ3n) is 5.65. The molecule has 0 spiro atoms. The van der Waals surface area contributed by atoms with Gasteiger partial charge in [-0.15, -0.1) is 0 Å². The van der Waals surface area contributed by atoms with Gasteiger partial charge in [0.1, 0.15) is 11.4 Å². The van der Waals surface area contributed by atoms with E-state index in [2.05, 4.69) is 4.98 Å². The van der Waals surface area contributed by atoms with Gasteiger partial charge in [-0.3, -0.25) is 19.4 Å².